The molecule has 0 spiro atoms. The Labute approximate surface area is 138 Å². The third kappa shape index (κ3) is 1.95. The minimum absolute atomic E-state index is 0.102. The zero-order valence-corrected chi connectivity index (χ0v) is 13.1. The summed E-state index contributed by atoms with van der Waals surface area (Å²) in [6.07, 6.45) is 2.51. The van der Waals surface area contributed by atoms with E-state index < -0.39 is 0 Å². The lowest BCUT2D eigenvalue weighted by molar-refractivity contribution is 0.379. The summed E-state index contributed by atoms with van der Waals surface area (Å²) in [5.41, 5.74) is 10.1. The van der Waals surface area contributed by atoms with E-state index in [-0.39, 0.29) is 11.8 Å². The number of benzene rings is 1. The number of aromatic amines is 1. The summed E-state index contributed by atoms with van der Waals surface area (Å²) in [5, 5.41) is 17.9. The van der Waals surface area contributed by atoms with Gasteiger partial charge in [0, 0.05) is 22.8 Å². The zero-order valence-electron chi connectivity index (χ0n) is 13.1. The Hall–Kier alpha value is -3.33. The van der Waals surface area contributed by atoms with Crippen LogP contribution in [0, 0.1) is 11.3 Å². The van der Waals surface area contributed by atoms with Crippen LogP contribution < -0.4 is 10.5 Å². The van der Waals surface area contributed by atoms with Gasteiger partial charge in [0.1, 0.15) is 11.6 Å². The molecule has 1 aliphatic heterocycles. The van der Waals surface area contributed by atoms with Gasteiger partial charge in [0.25, 0.3) is 0 Å². The second-order valence-corrected chi connectivity index (χ2v) is 5.62. The van der Waals surface area contributed by atoms with Gasteiger partial charge in [-0.05, 0) is 24.1 Å². The van der Waals surface area contributed by atoms with Crippen LogP contribution in [0.4, 0.5) is 0 Å². The normalized spacial score (nSPS) is 16.6. The Morgan fingerprint density at radius 3 is 2.96 bits per heavy atom. The van der Waals surface area contributed by atoms with E-state index in [1.54, 1.807) is 6.20 Å². The van der Waals surface area contributed by atoms with Crippen LogP contribution in [0.2, 0.25) is 0 Å². The summed E-state index contributed by atoms with van der Waals surface area (Å²) >= 11 is 0. The number of nitrogens with zero attached hydrogens (tertiary/aromatic N) is 3. The highest BCUT2D eigenvalue weighted by atomic mass is 16.5. The number of hydrogen-bond acceptors (Lipinski definition) is 5. The average Bonchev–Trinajstić information content (AvgIpc) is 3.02. The van der Waals surface area contributed by atoms with Crippen molar-refractivity contribution in [1.29, 1.82) is 5.26 Å². The number of nitrogens with one attached hydrogen (secondary N) is 1. The molecule has 0 saturated heterocycles. The average molecular weight is 317 g/mol. The van der Waals surface area contributed by atoms with Crippen LogP contribution in [0.3, 0.4) is 0 Å². The summed E-state index contributed by atoms with van der Waals surface area (Å²) in [5.74, 6) is 0.222. The summed E-state index contributed by atoms with van der Waals surface area (Å²) in [4.78, 5) is 4.41. The fourth-order valence-corrected chi connectivity index (χ4v) is 3.26. The fraction of sp³-hybridized carbons (Fsp3) is 0.167. The van der Waals surface area contributed by atoms with Crippen molar-refractivity contribution in [3.8, 4) is 11.9 Å². The SMILES string of the molecule is CCc1[nH]nc2c1[C@@H](c1ccnc3ccccc13)C(C#N)=C(N)O2. The van der Waals surface area contributed by atoms with Crippen LogP contribution >= 0.6 is 0 Å². The molecule has 3 heterocycles. The molecule has 0 amide bonds. The number of fused-ring (bicyclic) bond motifs is 2. The van der Waals surface area contributed by atoms with Crippen LogP contribution in [0.5, 0.6) is 5.88 Å². The van der Waals surface area contributed by atoms with Crippen LogP contribution in [-0.2, 0) is 6.42 Å². The van der Waals surface area contributed by atoms with E-state index in [9.17, 15) is 5.26 Å². The molecule has 2 aromatic heterocycles. The molecule has 0 unspecified atom stereocenters. The zero-order chi connectivity index (χ0) is 16.7. The fourth-order valence-electron chi connectivity index (χ4n) is 3.26. The second kappa shape index (κ2) is 5.39. The topological polar surface area (TPSA) is 101 Å². The monoisotopic (exact) mass is 317 g/mol. The van der Waals surface area contributed by atoms with Gasteiger partial charge in [-0.25, -0.2) is 0 Å². The van der Waals surface area contributed by atoms with E-state index in [1.165, 1.54) is 0 Å². The Bertz CT molecular complexity index is 1010. The van der Waals surface area contributed by atoms with Crippen LogP contribution in [0.25, 0.3) is 10.9 Å². The Kier molecular flexibility index (Phi) is 3.21. The first-order valence-corrected chi connectivity index (χ1v) is 7.73. The maximum atomic E-state index is 9.68. The van der Waals surface area contributed by atoms with Gasteiger partial charge in [0.2, 0.25) is 11.8 Å². The molecule has 6 nitrogen and oxygen atoms in total. The Balaban J connectivity index is 2.05. The molecule has 0 fully saturated rings. The van der Waals surface area contributed by atoms with E-state index in [0.29, 0.717) is 11.5 Å². The van der Waals surface area contributed by atoms with Crippen molar-refractivity contribution in [3.63, 3.8) is 0 Å². The molecule has 1 aliphatic rings. The van der Waals surface area contributed by atoms with Gasteiger partial charge in [-0.2, -0.15) is 5.26 Å². The third-order valence-electron chi connectivity index (χ3n) is 4.37. The molecular formula is C18H15N5O. The molecule has 1 aromatic carbocycles. The van der Waals surface area contributed by atoms with Crippen LogP contribution in [-0.4, -0.2) is 15.2 Å². The number of aryl methyl sites for hydroxylation is 1. The molecule has 6 heteroatoms. The number of H-pyrrole nitrogens is 1. The minimum atomic E-state index is -0.319. The molecule has 3 aromatic rings. The van der Waals surface area contributed by atoms with Crippen molar-refractivity contribution in [1.82, 2.24) is 15.2 Å². The predicted molar refractivity (Wildman–Crippen MR) is 89.0 cm³/mol. The quantitative estimate of drug-likeness (QED) is 0.757. The number of ether oxygens (including phenoxy) is 1. The maximum absolute atomic E-state index is 9.68. The number of nitrogens with two attached hydrogens (primary N) is 1. The standard InChI is InChI=1S/C18H15N5O/c1-2-13-16-15(12(9-19)17(20)24-18(16)23-22-13)11-7-8-21-14-6-4-3-5-10(11)14/h3-8,15H,2,20H2,1H3,(H,22,23)/t15-/m0/s1. The van der Waals surface area contributed by atoms with Crippen molar-refractivity contribution < 1.29 is 4.74 Å². The van der Waals surface area contributed by atoms with Crippen molar-refractivity contribution in [3.05, 3.63) is 64.8 Å². The van der Waals surface area contributed by atoms with Gasteiger partial charge in [-0.1, -0.05) is 25.1 Å². The van der Waals surface area contributed by atoms with Gasteiger partial charge < -0.3 is 10.5 Å². The number of allylic oxidation sites excluding steroid dienone is 1. The Morgan fingerprint density at radius 2 is 2.17 bits per heavy atom. The van der Waals surface area contributed by atoms with Crippen molar-refractivity contribution >= 4 is 10.9 Å². The highest BCUT2D eigenvalue weighted by Crippen LogP contribution is 2.44. The number of nitriles is 1. The van der Waals surface area contributed by atoms with Gasteiger partial charge in [-0.15, -0.1) is 5.10 Å². The molecule has 0 saturated carbocycles. The number of rotatable bonds is 2. The van der Waals surface area contributed by atoms with Crippen LogP contribution in [0.1, 0.15) is 29.7 Å². The van der Waals surface area contributed by atoms with E-state index in [0.717, 1.165) is 34.1 Å². The third-order valence-corrected chi connectivity index (χ3v) is 4.37. The summed E-state index contributed by atoms with van der Waals surface area (Å²) < 4.78 is 5.56. The summed E-state index contributed by atoms with van der Waals surface area (Å²) in [6.45, 7) is 2.03. The van der Waals surface area contributed by atoms with Gasteiger partial charge >= 0.3 is 0 Å². The molecular weight excluding hydrogens is 302 g/mol. The number of para-hydroxylation sites is 1. The highest BCUT2D eigenvalue weighted by Gasteiger charge is 2.35. The lowest BCUT2D eigenvalue weighted by atomic mass is 9.82. The number of hydrogen-bond donors (Lipinski definition) is 2. The molecule has 1 atom stereocenters. The maximum Gasteiger partial charge on any atom is 0.244 e. The number of aromatic nitrogens is 3. The summed E-state index contributed by atoms with van der Waals surface area (Å²) in [6, 6.07) is 12.0. The Morgan fingerprint density at radius 1 is 1.33 bits per heavy atom. The smallest absolute Gasteiger partial charge is 0.244 e. The van der Waals surface area contributed by atoms with Gasteiger partial charge in [0.05, 0.1) is 11.4 Å². The predicted octanol–water partition coefficient (Wildman–Crippen LogP) is 2.74. The van der Waals surface area contributed by atoms with Crippen molar-refractivity contribution in [2.24, 2.45) is 5.73 Å². The highest BCUT2D eigenvalue weighted by molar-refractivity contribution is 5.84. The van der Waals surface area contributed by atoms with Crippen molar-refractivity contribution in [2.45, 2.75) is 19.3 Å². The van der Waals surface area contributed by atoms with E-state index in [1.807, 2.05) is 37.3 Å². The summed E-state index contributed by atoms with van der Waals surface area (Å²) in [7, 11) is 0. The van der Waals surface area contributed by atoms with E-state index in [4.69, 9.17) is 10.5 Å². The van der Waals surface area contributed by atoms with E-state index in [2.05, 4.69) is 21.3 Å². The van der Waals surface area contributed by atoms with E-state index >= 15 is 0 Å². The lowest BCUT2D eigenvalue weighted by Gasteiger charge is -2.24. The second-order valence-electron chi connectivity index (χ2n) is 5.62. The molecule has 3 N–H and O–H groups in total. The first-order valence-electron chi connectivity index (χ1n) is 7.73. The van der Waals surface area contributed by atoms with Gasteiger partial charge in [-0.3, -0.25) is 10.1 Å². The molecule has 118 valence electrons. The molecule has 24 heavy (non-hydrogen) atoms. The minimum Gasteiger partial charge on any atom is -0.420 e. The molecule has 0 aliphatic carbocycles. The van der Waals surface area contributed by atoms with Crippen LogP contribution in [0.15, 0.2) is 48.0 Å². The number of pyridine rings is 1. The van der Waals surface area contributed by atoms with Gasteiger partial charge in [0.15, 0.2) is 0 Å². The lowest BCUT2D eigenvalue weighted by Crippen LogP contribution is -2.21. The molecule has 0 radical (unpaired) electrons. The molecule has 4 rings (SSSR count). The first kappa shape index (κ1) is 14.3. The van der Waals surface area contributed by atoms with Crippen molar-refractivity contribution in [2.75, 3.05) is 0 Å². The largest absolute Gasteiger partial charge is 0.420 e. The first-order chi connectivity index (χ1) is 11.7. The molecule has 0 bridgehead atoms.